The minimum atomic E-state index is -0.425. The number of hydrogen-bond acceptors (Lipinski definition) is 4. The van der Waals surface area contributed by atoms with Crippen LogP contribution < -0.4 is 5.73 Å². The van der Waals surface area contributed by atoms with Crippen LogP contribution in [0.2, 0.25) is 0 Å². The molecule has 0 atom stereocenters. The summed E-state index contributed by atoms with van der Waals surface area (Å²) in [6.07, 6.45) is 1.54. The van der Waals surface area contributed by atoms with Crippen molar-refractivity contribution in [2.45, 2.75) is 0 Å². The molecule has 94 valence electrons. The highest BCUT2D eigenvalue weighted by Crippen LogP contribution is 2.33. The minimum absolute atomic E-state index is 0.0531. The molecule has 0 saturated heterocycles. The van der Waals surface area contributed by atoms with E-state index in [0.29, 0.717) is 15.7 Å². The van der Waals surface area contributed by atoms with E-state index in [1.54, 1.807) is 19.2 Å². The fourth-order valence-electron chi connectivity index (χ4n) is 1.50. The molecule has 18 heavy (non-hydrogen) atoms. The van der Waals surface area contributed by atoms with Crippen LogP contribution in [0.1, 0.15) is 5.56 Å². The number of nitrogens with zero attached hydrogens (tertiary/aromatic N) is 2. The van der Waals surface area contributed by atoms with E-state index in [9.17, 15) is 9.90 Å². The smallest absolute Gasteiger partial charge is 0.296 e. The quantitative estimate of drug-likeness (QED) is 0.737. The fraction of sp³-hybridized carbons (Fsp3) is 0.0909. The highest BCUT2D eigenvalue weighted by atomic mass is 79.9. The first-order valence-electron chi connectivity index (χ1n) is 4.92. The van der Waals surface area contributed by atoms with Crippen LogP contribution in [-0.4, -0.2) is 28.9 Å². The molecule has 0 spiro atoms. The summed E-state index contributed by atoms with van der Waals surface area (Å²) in [6, 6.07) is 3.41. The second-order valence-electron chi connectivity index (χ2n) is 3.69. The number of carbonyl (C=O) groups is 1. The van der Waals surface area contributed by atoms with Gasteiger partial charge in [0.15, 0.2) is 0 Å². The number of halogens is 2. The summed E-state index contributed by atoms with van der Waals surface area (Å²) in [6.45, 7) is 0. The lowest BCUT2D eigenvalue weighted by atomic mass is 10.1. The number of nitrogens with two attached hydrogens (primary N) is 1. The number of phenols is 1. The molecule has 1 aromatic carbocycles. The molecule has 3 N–H and O–H groups in total. The van der Waals surface area contributed by atoms with Crippen LogP contribution in [0.4, 0.5) is 0 Å². The van der Waals surface area contributed by atoms with E-state index in [-0.39, 0.29) is 11.7 Å². The minimum Gasteiger partial charge on any atom is -0.506 e. The molecule has 0 fully saturated rings. The number of hydrogen-bond donors (Lipinski definition) is 2. The number of likely N-dealkylation sites (N-methyl/N-ethyl adjacent to an activating group) is 1. The third-order valence-corrected chi connectivity index (χ3v) is 3.55. The van der Waals surface area contributed by atoms with Crippen molar-refractivity contribution in [3.8, 4) is 5.75 Å². The van der Waals surface area contributed by atoms with Gasteiger partial charge in [-0.1, -0.05) is 15.9 Å². The summed E-state index contributed by atoms with van der Waals surface area (Å²) in [5.74, 6) is -0.234. The maximum absolute atomic E-state index is 11.6. The Balaban J connectivity index is 2.50. The van der Waals surface area contributed by atoms with E-state index in [4.69, 9.17) is 5.73 Å². The average Bonchev–Trinajstić information content (AvgIpc) is 2.52. The number of phenolic OH excluding ortho intramolecular Hbond substituents is 1. The van der Waals surface area contributed by atoms with Crippen molar-refractivity contribution >= 4 is 49.8 Å². The van der Waals surface area contributed by atoms with Gasteiger partial charge in [-0.15, -0.1) is 0 Å². The fourth-order valence-corrected chi connectivity index (χ4v) is 2.76. The summed E-state index contributed by atoms with van der Waals surface area (Å²) in [5, 5.41) is 9.91. The Bertz CT molecular complexity index is 596. The first-order chi connectivity index (χ1) is 8.40. The molecular weight excluding hydrogens is 366 g/mol. The van der Waals surface area contributed by atoms with Crippen LogP contribution in [0.5, 0.6) is 5.75 Å². The summed E-state index contributed by atoms with van der Waals surface area (Å²) >= 11 is 6.54. The van der Waals surface area contributed by atoms with Gasteiger partial charge in [-0.25, -0.2) is 0 Å². The molecule has 1 amide bonds. The summed E-state index contributed by atoms with van der Waals surface area (Å²) in [5.41, 5.74) is 6.35. The number of aromatic hydroxyl groups is 1. The predicted octanol–water partition coefficient (Wildman–Crippen LogP) is 2.04. The first kappa shape index (κ1) is 13.1. The predicted molar refractivity (Wildman–Crippen MR) is 75.9 cm³/mol. The Kier molecular flexibility index (Phi) is 3.45. The molecular formula is C11H9Br2N3O2. The van der Waals surface area contributed by atoms with Gasteiger partial charge in [-0.05, 0) is 34.1 Å². The Morgan fingerprint density at radius 3 is 2.67 bits per heavy atom. The average molecular weight is 375 g/mol. The standard InChI is InChI=1S/C11H9Br2N3O2/c1-16-8(10(18)15-11(16)14)3-5-2-6(12)4-7(13)9(5)17/h2-4,17H,1H3,(H2,14,15,18)/b8-3-. The van der Waals surface area contributed by atoms with E-state index in [1.807, 2.05) is 0 Å². The molecule has 1 aromatic rings. The van der Waals surface area contributed by atoms with Gasteiger partial charge in [0, 0.05) is 17.1 Å². The van der Waals surface area contributed by atoms with Crippen LogP contribution in [0, 0.1) is 0 Å². The Hall–Kier alpha value is -1.34. The zero-order valence-electron chi connectivity index (χ0n) is 9.32. The van der Waals surface area contributed by atoms with Gasteiger partial charge < -0.3 is 15.7 Å². The lowest BCUT2D eigenvalue weighted by molar-refractivity contribution is -0.114. The SMILES string of the molecule is CN1C(N)=NC(=O)/C1=C/c1cc(Br)cc(Br)c1O. The molecule has 0 aromatic heterocycles. The van der Waals surface area contributed by atoms with Crippen molar-refractivity contribution in [3.63, 3.8) is 0 Å². The number of aliphatic imine (C=N–C) groups is 1. The second kappa shape index (κ2) is 4.74. The molecule has 1 heterocycles. The zero-order valence-corrected chi connectivity index (χ0v) is 12.5. The highest BCUT2D eigenvalue weighted by molar-refractivity contribution is 9.11. The van der Waals surface area contributed by atoms with Gasteiger partial charge in [-0.2, -0.15) is 4.99 Å². The van der Waals surface area contributed by atoms with Gasteiger partial charge in [-0.3, -0.25) is 4.79 Å². The van der Waals surface area contributed by atoms with Gasteiger partial charge in [0.05, 0.1) is 4.47 Å². The Labute approximate surface area is 120 Å². The van der Waals surface area contributed by atoms with Crippen molar-refractivity contribution in [1.29, 1.82) is 0 Å². The maximum atomic E-state index is 11.6. The number of guanidine groups is 1. The van der Waals surface area contributed by atoms with Crippen molar-refractivity contribution in [2.75, 3.05) is 7.05 Å². The van der Waals surface area contributed by atoms with Crippen molar-refractivity contribution < 1.29 is 9.90 Å². The molecule has 1 aliphatic heterocycles. The summed E-state index contributed by atoms with van der Waals surface area (Å²) < 4.78 is 1.31. The van der Waals surface area contributed by atoms with Crippen LogP contribution in [0.3, 0.4) is 0 Å². The van der Waals surface area contributed by atoms with Crippen molar-refractivity contribution in [2.24, 2.45) is 10.7 Å². The van der Waals surface area contributed by atoms with Crippen molar-refractivity contribution in [1.82, 2.24) is 4.90 Å². The van der Waals surface area contributed by atoms with Crippen LogP contribution >= 0.6 is 31.9 Å². The Morgan fingerprint density at radius 1 is 1.44 bits per heavy atom. The van der Waals surface area contributed by atoms with Gasteiger partial charge in [0.25, 0.3) is 5.91 Å². The normalized spacial score (nSPS) is 17.5. The number of carbonyl (C=O) groups excluding carboxylic acids is 1. The molecule has 1 aliphatic rings. The van der Waals surface area contributed by atoms with Gasteiger partial charge >= 0.3 is 0 Å². The molecule has 0 saturated carbocycles. The zero-order chi connectivity index (χ0) is 13.4. The molecule has 0 aliphatic carbocycles. The van der Waals surface area contributed by atoms with E-state index >= 15 is 0 Å². The number of benzene rings is 1. The molecule has 0 radical (unpaired) electrons. The monoisotopic (exact) mass is 373 g/mol. The van der Waals surface area contributed by atoms with Gasteiger partial charge in [0.1, 0.15) is 11.4 Å². The molecule has 7 heteroatoms. The lowest BCUT2D eigenvalue weighted by Gasteiger charge is -2.12. The van der Waals surface area contributed by atoms with E-state index < -0.39 is 5.91 Å². The van der Waals surface area contributed by atoms with Crippen LogP contribution in [0.25, 0.3) is 6.08 Å². The van der Waals surface area contributed by atoms with Crippen LogP contribution in [-0.2, 0) is 4.79 Å². The largest absolute Gasteiger partial charge is 0.506 e. The highest BCUT2D eigenvalue weighted by Gasteiger charge is 2.24. The molecule has 5 nitrogen and oxygen atoms in total. The second-order valence-corrected chi connectivity index (χ2v) is 5.46. The molecule has 0 unspecified atom stereocenters. The third-order valence-electron chi connectivity index (χ3n) is 2.49. The van der Waals surface area contributed by atoms with E-state index in [0.717, 1.165) is 4.47 Å². The van der Waals surface area contributed by atoms with Gasteiger partial charge in [0.2, 0.25) is 5.96 Å². The topological polar surface area (TPSA) is 78.9 Å². The Morgan fingerprint density at radius 2 is 2.11 bits per heavy atom. The third kappa shape index (κ3) is 2.28. The number of amides is 1. The van der Waals surface area contributed by atoms with Crippen molar-refractivity contribution in [3.05, 3.63) is 32.3 Å². The van der Waals surface area contributed by atoms with Crippen LogP contribution in [0.15, 0.2) is 31.8 Å². The first-order valence-corrected chi connectivity index (χ1v) is 6.50. The molecule has 0 bridgehead atoms. The molecule has 2 rings (SSSR count). The lowest BCUT2D eigenvalue weighted by Crippen LogP contribution is -2.28. The van der Waals surface area contributed by atoms with E-state index in [1.165, 1.54) is 11.0 Å². The van der Waals surface area contributed by atoms with E-state index in [2.05, 4.69) is 36.9 Å². The maximum Gasteiger partial charge on any atom is 0.296 e. The summed E-state index contributed by atoms with van der Waals surface area (Å²) in [4.78, 5) is 16.7. The number of rotatable bonds is 1. The summed E-state index contributed by atoms with van der Waals surface area (Å²) in [7, 11) is 1.64.